The van der Waals surface area contributed by atoms with Gasteiger partial charge < -0.3 is 5.32 Å². The molecule has 1 aromatic heterocycles. The minimum absolute atomic E-state index is 0.0483. The summed E-state index contributed by atoms with van der Waals surface area (Å²) in [4.78, 5) is 12.9. The maximum atomic E-state index is 12.1. The lowest BCUT2D eigenvalue weighted by atomic mass is 9.78. The molecular formula is C12H16ClNOS. The molecule has 0 saturated heterocycles. The molecule has 1 amide bonds. The Bertz CT molecular complexity index is 379. The third-order valence-electron chi connectivity index (χ3n) is 3.28. The van der Waals surface area contributed by atoms with E-state index in [0.717, 1.165) is 36.1 Å². The average molecular weight is 258 g/mol. The molecule has 0 unspecified atom stereocenters. The largest absolute Gasteiger partial charge is 0.345 e. The maximum Gasteiger partial charge on any atom is 0.262 e. The Balaban J connectivity index is 2.08. The van der Waals surface area contributed by atoms with Crippen molar-refractivity contribution in [3.63, 3.8) is 0 Å². The highest BCUT2D eigenvalue weighted by Crippen LogP contribution is 2.33. The third kappa shape index (κ3) is 2.11. The number of hydrogen-bond donors (Lipinski definition) is 1. The van der Waals surface area contributed by atoms with E-state index in [-0.39, 0.29) is 11.4 Å². The quantitative estimate of drug-likeness (QED) is 0.825. The van der Waals surface area contributed by atoms with E-state index in [2.05, 4.69) is 12.2 Å². The highest BCUT2D eigenvalue weighted by atomic mass is 35.5. The van der Waals surface area contributed by atoms with Crippen LogP contribution in [0, 0.1) is 0 Å². The average Bonchev–Trinajstić information content (AvgIpc) is 2.71. The Kier molecular flexibility index (Phi) is 3.55. The van der Waals surface area contributed by atoms with Crippen LogP contribution in [0.25, 0.3) is 0 Å². The molecule has 1 aliphatic rings. The topological polar surface area (TPSA) is 29.1 Å². The first-order chi connectivity index (χ1) is 7.71. The van der Waals surface area contributed by atoms with Gasteiger partial charge in [-0.2, -0.15) is 0 Å². The molecule has 1 aliphatic carbocycles. The molecule has 2 rings (SSSR count). The van der Waals surface area contributed by atoms with E-state index in [4.69, 9.17) is 11.6 Å². The van der Waals surface area contributed by atoms with Crippen LogP contribution in [0.4, 0.5) is 0 Å². The molecule has 1 N–H and O–H groups in total. The lowest BCUT2D eigenvalue weighted by Crippen LogP contribution is -2.54. The van der Waals surface area contributed by atoms with E-state index < -0.39 is 0 Å². The molecule has 0 radical (unpaired) electrons. The second kappa shape index (κ2) is 4.76. The molecule has 1 aromatic rings. The number of amides is 1. The summed E-state index contributed by atoms with van der Waals surface area (Å²) >= 11 is 7.44. The Morgan fingerprint density at radius 3 is 2.88 bits per heavy atom. The number of rotatable bonds is 4. The van der Waals surface area contributed by atoms with Crippen LogP contribution in [-0.2, 0) is 6.42 Å². The maximum absolute atomic E-state index is 12.1. The molecular weight excluding hydrogens is 242 g/mol. The standard InChI is InChI=1S/C12H16ClNOS/c1-2-9-4-7-16-10(9)11(15)14-12(8-13)5-3-6-12/h4,7H,2-3,5-6,8H2,1H3,(H,14,15). The van der Waals surface area contributed by atoms with E-state index in [1.54, 1.807) is 0 Å². The van der Waals surface area contributed by atoms with Crippen molar-refractivity contribution in [3.8, 4) is 0 Å². The van der Waals surface area contributed by atoms with Gasteiger partial charge in [-0.15, -0.1) is 22.9 Å². The second-order valence-electron chi connectivity index (χ2n) is 4.35. The number of hydrogen-bond acceptors (Lipinski definition) is 2. The van der Waals surface area contributed by atoms with Gasteiger partial charge in [0.2, 0.25) is 0 Å². The van der Waals surface area contributed by atoms with Gasteiger partial charge in [0.25, 0.3) is 5.91 Å². The molecule has 0 spiro atoms. The zero-order valence-electron chi connectivity index (χ0n) is 9.38. The van der Waals surface area contributed by atoms with Crippen LogP contribution >= 0.6 is 22.9 Å². The van der Waals surface area contributed by atoms with Crippen LogP contribution in [-0.4, -0.2) is 17.3 Å². The van der Waals surface area contributed by atoms with E-state index in [9.17, 15) is 4.79 Å². The van der Waals surface area contributed by atoms with Crippen molar-refractivity contribution in [3.05, 3.63) is 21.9 Å². The van der Waals surface area contributed by atoms with Gasteiger partial charge in [0.05, 0.1) is 10.4 Å². The lowest BCUT2D eigenvalue weighted by molar-refractivity contribution is 0.0857. The zero-order chi connectivity index (χ0) is 11.6. The Hall–Kier alpha value is -0.540. The van der Waals surface area contributed by atoms with Gasteiger partial charge >= 0.3 is 0 Å². The molecule has 1 heterocycles. The molecule has 0 atom stereocenters. The van der Waals surface area contributed by atoms with Crippen LogP contribution in [0.5, 0.6) is 0 Å². The SMILES string of the molecule is CCc1ccsc1C(=O)NC1(CCl)CCC1. The van der Waals surface area contributed by atoms with Gasteiger partial charge in [-0.25, -0.2) is 0 Å². The van der Waals surface area contributed by atoms with Crippen molar-refractivity contribution in [2.75, 3.05) is 5.88 Å². The summed E-state index contributed by atoms with van der Waals surface area (Å²) in [6.07, 6.45) is 4.09. The van der Waals surface area contributed by atoms with Crippen LogP contribution in [0.15, 0.2) is 11.4 Å². The summed E-state index contributed by atoms with van der Waals surface area (Å²) in [5.74, 6) is 0.568. The summed E-state index contributed by atoms with van der Waals surface area (Å²) in [6.45, 7) is 2.07. The summed E-state index contributed by atoms with van der Waals surface area (Å²) in [5.41, 5.74) is 1.000. The number of carbonyl (C=O) groups excluding carboxylic acids is 1. The smallest absolute Gasteiger partial charge is 0.262 e. The summed E-state index contributed by atoms with van der Waals surface area (Å²) in [7, 11) is 0. The highest BCUT2D eigenvalue weighted by molar-refractivity contribution is 7.12. The van der Waals surface area contributed by atoms with E-state index >= 15 is 0 Å². The summed E-state index contributed by atoms with van der Waals surface area (Å²) in [6, 6.07) is 2.02. The number of alkyl halides is 1. The Morgan fingerprint density at radius 2 is 2.38 bits per heavy atom. The number of thiophene rings is 1. The summed E-state index contributed by atoms with van der Waals surface area (Å²) in [5, 5.41) is 5.07. The van der Waals surface area contributed by atoms with Gasteiger partial charge in [0.15, 0.2) is 0 Å². The first-order valence-electron chi connectivity index (χ1n) is 5.65. The van der Waals surface area contributed by atoms with Gasteiger partial charge in [-0.1, -0.05) is 6.92 Å². The first kappa shape index (κ1) is 11.9. The Morgan fingerprint density at radius 1 is 1.62 bits per heavy atom. The normalized spacial score (nSPS) is 17.9. The van der Waals surface area contributed by atoms with Gasteiger partial charge in [0.1, 0.15) is 0 Å². The molecule has 0 bridgehead atoms. The van der Waals surface area contributed by atoms with E-state index in [1.807, 2.05) is 11.4 Å². The fourth-order valence-corrected chi connectivity index (χ4v) is 3.23. The molecule has 4 heteroatoms. The van der Waals surface area contributed by atoms with Crippen molar-refractivity contribution < 1.29 is 4.79 Å². The van der Waals surface area contributed by atoms with Crippen molar-refractivity contribution >= 4 is 28.8 Å². The van der Waals surface area contributed by atoms with Crippen LogP contribution in [0.2, 0.25) is 0 Å². The predicted molar refractivity (Wildman–Crippen MR) is 68.5 cm³/mol. The fraction of sp³-hybridized carbons (Fsp3) is 0.583. The molecule has 1 saturated carbocycles. The number of aryl methyl sites for hydroxylation is 1. The van der Waals surface area contributed by atoms with Gasteiger partial charge in [-0.05, 0) is 42.7 Å². The van der Waals surface area contributed by atoms with Crippen molar-refractivity contribution in [2.45, 2.75) is 38.1 Å². The van der Waals surface area contributed by atoms with Gasteiger partial charge in [-0.3, -0.25) is 4.79 Å². The molecule has 2 nitrogen and oxygen atoms in total. The third-order valence-corrected chi connectivity index (χ3v) is 4.75. The van der Waals surface area contributed by atoms with Crippen molar-refractivity contribution in [1.29, 1.82) is 0 Å². The monoisotopic (exact) mass is 257 g/mol. The van der Waals surface area contributed by atoms with Crippen LogP contribution in [0.3, 0.4) is 0 Å². The molecule has 1 fully saturated rings. The van der Waals surface area contributed by atoms with Crippen LogP contribution < -0.4 is 5.32 Å². The van der Waals surface area contributed by atoms with Crippen molar-refractivity contribution in [1.82, 2.24) is 5.32 Å². The number of nitrogens with one attached hydrogen (secondary N) is 1. The van der Waals surface area contributed by atoms with Crippen LogP contribution in [0.1, 0.15) is 41.4 Å². The number of carbonyl (C=O) groups is 1. The summed E-state index contributed by atoms with van der Waals surface area (Å²) < 4.78 is 0. The molecule has 88 valence electrons. The van der Waals surface area contributed by atoms with Crippen molar-refractivity contribution in [2.24, 2.45) is 0 Å². The fourth-order valence-electron chi connectivity index (χ4n) is 2.01. The second-order valence-corrected chi connectivity index (χ2v) is 5.53. The van der Waals surface area contributed by atoms with E-state index in [1.165, 1.54) is 11.3 Å². The minimum Gasteiger partial charge on any atom is -0.345 e. The number of halogens is 1. The Labute approximate surface area is 105 Å². The lowest BCUT2D eigenvalue weighted by Gasteiger charge is -2.40. The zero-order valence-corrected chi connectivity index (χ0v) is 11.0. The predicted octanol–water partition coefficient (Wildman–Crippen LogP) is 3.20. The molecule has 16 heavy (non-hydrogen) atoms. The van der Waals surface area contributed by atoms with Gasteiger partial charge in [0, 0.05) is 5.88 Å². The molecule has 0 aliphatic heterocycles. The van der Waals surface area contributed by atoms with E-state index in [0.29, 0.717) is 5.88 Å². The minimum atomic E-state index is -0.131. The first-order valence-corrected chi connectivity index (χ1v) is 7.07. The highest BCUT2D eigenvalue weighted by Gasteiger charge is 2.38. The molecule has 0 aromatic carbocycles.